The van der Waals surface area contributed by atoms with E-state index in [1.54, 1.807) is 7.11 Å². The molecule has 2 heterocycles. The van der Waals surface area contributed by atoms with Crippen molar-refractivity contribution in [2.75, 3.05) is 27.3 Å². The van der Waals surface area contributed by atoms with E-state index >= 15 is 0 Å². The summed E-state index contributed by atoms with van der Waals surface area (Å²) in [6.45, 7) is 3.02. The van der Waals surface area contributed by atoms with Crippen LogP contribution in [-0.2, 0) is 17.7 Å². The van der Waals surface area contributed by atoms with Gasteiger partial charge in [-0.3, -0.25) is 9.88 Å². The molecule has 24 heavy (non-hydrogen) atoms. The third-order valence-corrected chi connectivity index (χ3v) is 4.82. The van der Waals surface area contributed by atoms with E-state index in [0.717, 1.165) is 43.9 Å². The molecule has 1 aromatic carbocycles. The Morgan fingerprint density at radius 3 is 2.62 bits per heavy atom. The monoisotopic (exact) mass is 326 g/mol. The van der Waals surface area contributed by atoms with Crippen molar-refractivity contribution in [1.82, 2.24) is 9.88 Å². The number of likely N-dealkylation sites (tertiary alicyclic amines) is 1. The summed E-state index contributed by atoms with van der Waals surface area (Å²) in [5.74, 6) is 1.41. The van der Waals surface area contributed by atoms with Crippen LogP contribution >= 0.6 is 0 Å². The number of pyridine rings is 1. The van der Waals surface area contributed by atoms with Crippen molar-refractivity contribution < 1.29 is 9.47 Å². The summed E-state index contributed by atoms with van der Waals surface area (Å²) in [6.07, 6.45) is 4.30. The van der Waals surface area contributed by atoms with Crippen LogP contribution in [0.2, 0.25) is 0 Å². The lowest BCUT2D eigenvalue weighted by atomic mass is 9.88. The first-order valence-electron chi connectivity index (χ1n) is 8.56. The number of ether oxygens (including phenoxy) is 2. The smallest absolute Gasteiger partial charge is 0.118 e. The zero-order chi connectivity index (χ0) is 16.8. The summed E-state index contributed by atoms with van der Waals surface area (Å²) in [5.41, 5.74) is 2.47. The average molecular weight is 326 g/mol. The second kappa shape index (κ2) is 8.27. The van der Waals surface area contributed by atoms with Crippen LogP contribution in [0.15, 0.2) is 48.7 Å². The van der Waals surface area contributed by atoms with Crippen molar-refractivity contribution in [2.24, 2.45) is 5.92 Å². The van der Waals surface area contributed by atoms with Crippen LogP contribution in [0.25, 0.3) is 0 Å². The first-order chi connectivity index (χ1) is 11.8. The second-order valence-corrected chi connectivity index (χ2v) is 6.43. The molecule has 0 unspecified atom stereocenters. The molecule has 3 rings (SSSR count). The lowest BCUT2D eigenvalue weighted by molar-refractivity contribution is -0.00878. The first-order valence-corrected chi connectivity index (χ1v) is 8.56. The van der Waals surface area contributed by atoms with Gasteiger partial charge in [-0.1, -0.05) is 18.2 Å². The van der Waals surface area contributed by atoms with Gasteiger partial charge in [-0.05, 0) is 42.7 Å². The molecule has 0 spiro atoms. The average Bonchev–Trinajstić information content (AvgIpc) is 2.63. The topological polar surface area (TPSA) is 34.6 Å². The maximum Gasteiger partial charge on any atom is 0.118 e. The number of rotatable bonds is 6. The van der Waals surface area contributed by atoms with Crippen LogP contribution in [0.1, 0.15) is 17.7 Å². The van der Waals surface area contributed by atoms with E-state index in [2.05, 4.69) is 34.1 Å². The highest BCUT2D eigenvalue weighted by molar-refractivity contribution is 5.27. The van der Waals surface area contributed by atoms with Gasteiger partial charge in [0.15, 0.2) is 0 Å². The Hall–Kier alpha value is -1.91. The predicted octanol–water partition coefficient (Wildman–Crippen LogP) is 3.17. The Balaban J connectivity index is 1.64. The van der Waals surface area contributed by atoms with Gasteiger partial charge in [-0.25, -0.2) is 0 Å². The predicted molar refractivity (Wildman–Crippen MR) is 95.1 cm³/mol. The molecule has 0 aliphatic carbocycles. The van der Waals surface area contributed by atoms with Crippen LogP contribution in [0, 0.1) is 5.92 Å². The Morgan fingerprint density at radius 1 is 1.12 bits per heavy atom. The van der Waals surface area contributed by atoms with Gasteiger partial charge in [0.05, 0.1) is 18.9 Å². The van der Waals surface area contributed by atoms with Crippen LogP contribution in [0.3, 0.4) is 0 Å². The van der Waals surface area contributed by atoms with Gasteiger partial charge in [0.1, 0.15) is 5.75 Å². The third-order valence-electron chi connectivity index (χ3n) is 4.82. The zero-order valence-electron chi connectivity index (χ0n) is 14.5. The quantitative estimate of drug-likeness (QED) is 0.817. The lowest BCUT2D eigenvalue weighted by Crippen LogP contribution is -2.44. The van der Waals surface area contributed by atoms with E-state index in [1.807, 2.05) is 31.5 Å². The standard InChI is InChI=1S/C20H26N2O2/c1-23-19-8-6-16(7-9-19)13-17-14-22(12-10-20(17)24-2)15-18-5-3-4-11-21-18/h3-9,11,17,20H,10,12-15H2,1-2H3/t17-,20-/m0/s1. The van der Waals surface area contributed by atoms with Crippen LogP contribution < -0.4 is 4.74 Å². The molecular weight excluding hydrogens is 300 g/mol. The largest absolute Gasteiger partial charge is 0.497 e. The summed E-state index contributed by atoms with van der Waals surface area (Å²) in [7, 11) is 3.53. The van der Waals surface area contributed by atoms with E-state index in [-0.39, 0.29) is 0 Å². The first kappa shape index (κ1) is 16.9. The van der Waals surface area contributed by atoms with Crippen molar-refractivity contribution in [1.29, 1.82) is 0 Å². The summed E-state index contributed by atoms with van der Waals surface area (Å²) < 4.78 is 11.0. The van der Waals surface area contributed by atoms with Crippen molar-refractivity contribution in [3.05, 3.63) is 59.9 Å². The molecular formula is C20H26N2O2. The van der Waals surface area contributed by atoms with Gasteiger partial charge in [0.2, 0.25) is 0 Å². The van der Waals surface area contributed by atoms with E-state index in [9.17, 15) is 0 Å². The van der Waals surface area contributed by atoms with E-state index < -0.39 is 0 Å². The van der Waals surface area contributed by atoms with E-state index in [4.69, 9.17) is 9.47 Å². The van der Waals surface area contributed by atoms with E-state index in [1.165, 1.54) is 5.56 Å². The van der Waals surface area contributed by atoms with Crippen LogP contribution in [0.4, 0.5) is 0 Å². The maximum atomic E-state index is 5.75. The molecule has 0 bridgehead atoms. The van der Waals surface area contributed by atoms with Gasteiger partial charge < -0.3 is 9.47 Å². The fourth-order valence-corrected chi connectivity index (χ4v) is 3.52. The van der Waals surface area contributed by atoms with Gasteiger partial charge in [0.25, 0.3) is 0 Å². The molecule has 2 atom stereocenters. The molecule has 4 nitrogen and oxygen atoms in total. The number of benzene rings is 1. The normalized spacial score (nSPS) is 21.6. The third kappa shape index (κ3) is 4.34. The molecule has 128 valence electrons. The fourth-order valence-electron chi connectivity index (χ4n) is 3.52. The maximum absolute atomic E-state index is 5.75. The fraction of sp³-hybridized carbons (Fsp3) is 0.450. The van der Waals surface area contributed by atoms with Crippen molar-refractivity contribution in [3.8, 4) is 5.75 Å². The number of methoxy groups -OCH3 is 2. The molecule has 0 amide bonds. The van der Waals surface area contributed by atoms with Gasteiger partial charge in [-0.15, -0.1) is 0 Å². The molecule has 1 fully saturated rings. The Morgan fingerprint density at radius 2 is 1.96 bits per heavy atom. The van der Waals surface area contributed by atoms with Crippen molar-refractivity contribution >= 4 is 0 Å². The highest BCUT2D eigenvalue weighted by Gasteiger charge is 2.29. The molecule has 1 aromatic heterocycles. The lowest BCUT2D eigenvalue weighted by Gasteiger charge is -2.38. The SMILES string of the molecule is COc1ccc(C[C@H]2CN(Cc3ccccn3)CC[C@@H]2OC)cc1. The van der Waals surface area contributed by atoms with Gasteiger partial charge in [0, 0.05) is 38.9 Å². The van der Waals surface area contributed by atoms with Gasteiger partial charge in [-0.2, -0.15) is 0 Å². The van der Waals surface area contributed by atoms with Crippen molar-refractivity contribution in [2.45, 2.75) is 25.5 Å². The molecule has 4 heteroatoms. The molecule has 1 aliphatic heterocycles. The highest BCUT2D eigenvalue weighted by Crippen LogP contribution is 2.25. The number of aromatic nitrogens is 1. The minimum atomic E-state index is 0.326. The summed E-state index contributed by atoms with van der Waals surface area (Å²) in [4.78, 5) is 6.95. The minimum Gasteiger partial charge on any atom is -0.497 e. The minimum absolute atomic E-state index is 0.326. The number of hydrogen-bond donors (Lipinski definition) is 0. The summed E-state index contributed by atoms with van der Waals surface area (Å²) in [6, 6.07) is 14.5. The summed E-state index contributed by atoms with van der Waals surface area (Å²) >= 11 is 0. The number of hydrogen-bond acceptors (Lipinski definition) is 4. The van der Waals surface area contributed by atoms with Crippen molar-refractivity contribution in [3.63, 3.8) is 0 Å². The molecule has 0 N–H and O–H groups in total. The second-order valence-electron chi connectivity index (χ2n) is 6.43. The molecule has 0 radical (unpaired) electrons. The molecule has 0 saturated carbocycles. The van der Waals surface area contributed by atoms with Gasteiger partial charge >= 0.3 is 0 Å². The zero-order valence-corrected chi connectivity index (χ0v) is 14.5. The molecule has 1 saturated heterocycles. The van der Waals surface area contributed by atoms with Crippen LogP contribution in [-0.4, -0.2) is 43.3 Å². The molecule has 1 aliphatic rings. The van der Waals surface area contributed by atoms with E-state index in [0.29, 0.717) is 12.0 Å². The number of piperidine rings is 1. The Labute approximate surface area is 144 Å². The highest BCUT2D eigenvalue weighted by atomic mass is 16.5. The van der Waals surface area contributed by atoms with Crippen LogP contribution in [0.5, 0.6) is 5.75 Å². The number of nitrogens with zero attached hydrogens (tertiary/aromatic N) is 2. The summed E-state index contributed by atoms with van der Waals surface area (Å²) in [5, 5.41) is 0. The Bertz CT molecular complexity index is 615. The Kier molecular flexibility index (Phi) is 5.83. The molecule has 2 aromatic rings.